The summed E-state index contributed by atoms with van der Waals surface area (Å²) in [4.78, 5) is 7.71. The number of nitrogen functional groups attached to an aromatic ring is 1. The van der Waals surface area contributed by atoms with Gasteiger partial charge in [0, 0.05) is 6.07 Å². The molecule has 5 nitrogen and oxygen atoms in total. The van der Waals surface area contributed by atoms with Crippen molar-refractivity contribution < 1.29 is 9.50 Å². The fourth-order valence-corrected chi connectivity index (χ4v) is 1.96. The van der Waals surface area contributed by atoms with Crippen LogP contribution in [0.25, 0.3) is 0 Å². The minimum Gasteiger partial charge on any atom is -0.386 e. The van der Waals surface area contributed by atoms with E-state index in [1.807, 2.05) is 0 Å². The zero-order valence-corrected chi connectivity index (χ0v) is 11.5. The van der Waals surface area contributed by atoms with Crippen LogP contribution in [-0.4, -0.2) is 21.1 Å². The van der Waals surface area contributed by atoms with Gasteiger partial charge in [0.2, 0.25) is 5.95 Å². The number of halogens is 2. The van der Waals surface area contributed by atoms with Crippen LogP contribution in [0, 0.1) is 5.82 Å². The van der Waals surface area contributed by atoms with Gasteiger partial charge in [0.1, 0.15) is 16.8 Å². The van der Waals surface area contributed by atoms with E-state index >= 15 is 0 Å². The normalized spacial score (nSPS) is 13.8. The summed E-state index contributed by atoms with van der Waals surface area (Å²) >= 11 is 5.77. The molecule has 0 aliphatic rings. The Morgan fingerprint density at radius 3 is 2.55 bits per heavy atom. The summed E-state index contributed by atoms with van der Waals surface area (Å²) in [6.07, 6.45) is -0.828. The van der Waals surface area contributed by atoms with Crippen molar-refractivity contribution in [2.24, 2.45) is 0 Å². The van der Waals surface area contributed by atoms with E-state index in [4.69, 9.17) is 17.3 Å². The summed E-state index contributed by atoms with van der Waals surface area (Å²) in [5, 5.41) is 13.4. The number of benzene rings is 1. The van der Waals surface area contributed by atoms with Crippen LogP contribution in [0.2, 0.25) is 5.15 Å². The van der Waals surface area contributed by atoms with Crippen LogP contribution in [0.15, 0.2) is 30.3 Å². The molecule has 1 heterocycles. The monoisotopic (exact) mass is 296 g/mol. The number of nitrogens with one attached hydrogen (secondary N) is 1. The van der Waals surface area contributed by atoms with Gasteiger partial charge in [0.15, 0.2) is 0 Å². The molecule has 0 aliphatic heterocycles. The first-order valence-electron chi connectivity index (χ1n) is 5.96. The second-order valence-electron chi connectivity index (χ2n) is 4.36. The minimum atomic E-state index is -0.828. The molecule has 4 N–H and O–H groups in total. The number of aliphatic hydroxyl groups excluding tert-OH is 1. The maximum atomic E-state index is 12.8. The molecule has 0 spiro atoms. The van der Waals surface area contributed by atoms with Crippen LogP contribution in [-0.2, 0) is 0 Å². The highest BCUT2D eigenvalue weighted by molar-refractivity contribution is 6.29. The van der Waals surface area contributed by atoms with Crippen LogP contribution in [0.3, 0.4) is 0 Å². The highest BCUT2D eigenvalue weighted by Crippen LogP contribution is 2.21. The van der Waals surface area contributed by atoms with Crippen LogP contribution in [0.4, 0.5) is 16.2 Å². The lowest BCUT2D eigenvalue weighted by atomic mass is 10.0. The molecule has 0 saturated heterocycles. The fraction of sp³-hybridized carbons (Fsp3) is 0.231. The second-order valence-corrected chi connectivity index (χ2v) is 4.75. The SMILES string of the molecule is CC(Nc1cc(Cl)nc(N)n1)C(O)c1ccc(F)cc1. The van der Waals surface area contributed by atoms with E-state index in [9.17, 15) is 9.50 Å². The summed E-state index contributed by atoms with van der Waals surface area (Å²) in [7, 11) is 0. The molecule has 0 saturated carbocycles. The highest BCUT2D eigenvalue weighted by Gasteiger charge is 2.17. The fourth-order valence-electron chi connectivity index (χ4n) is 1.77. The maximum absolute atomic E-state index is 12.8. The molecule has 20 heavy (non-hydrogen) atoms. The number of nitrogens with zero attached hydrogens (tertiary/aromatic N) is 2. The predicted molar refractivity (Wildman–Crippen MR) is 75.9 cm³/mol. The van der Waals surface area contributed by atoms with Gasteiger partial charge < -0.3 is 16.2 Å². The van der Waals surface area contributed by atoms with Crippen molar-refractivity contribution in [2.45, 2.75) is 19.1 Å². The number of hydrogen-bond acceptors (Lipinski definition) is 5. The number of rotatable bonds is 4. The number of aromatic nitrogens is 2. The van der Waals surface area contributed by atoms with Crippen molar-refractivity contribution in [2.75, 3.05) is 11.1 Å². The average molecular weight is 297 g/mol. The highest BCUT2D eigenvalue weighted by atomic mass is 35.5. The van der Waals surface area contributed by atoms with E-state index in [-0.39, 0.29) is 23.0 Å². The Balaban J connectivity index is 2.10. The molecule has 0 bridgehead atoms. The lowest BCUT2D eigenvalue weighted by Gasteiger charge is -2.21. The van der Waals surface area contributed by atoms with E-state index in [0.717, 1.165) is 0 Å². The van der Waals surface area contributed by atoms with Crippen LogP contribution in [0.1, 0.15) is 18.6 Å². The first kappa shape index (κ1) is 14.5. The Bertz CT molecular complexity index is 573. The average Bonchev–Trinajstić information content (AvgIpc) is 2.37. The number of anilines is 2. The number of nitrogens with two attached hydrogens (primary N) is 1. The third-order valence-corrected chi connectivity index (χ3v) is 2.97. The van der Waals surface area contributed by atoms with E-state index in [1.165, 1.54) is 30.3 Å². The molecular weight excluding hydrogens is 283 g/mol. The van der Waals surface area contributed by atoms with Gasteiger partial charge >= 0.3 is 0 Å². The maximum Gasteiger partial charge on any atom is 0.223 e. The van der Waals surface area contributed by atoms with Gasteiger partial charge in [0.05, 0.1) is 12.1 Å². The molecule has 106 valence electrons. The van der Waals surface area contributed by atoms with Crippen molar-refractivity contribution in [1.82, 2.24) is 9.97 Å². The first-order chi connectivity index (χ1) is 9.45. The van der Waals surface area contributed by atoms with E-state index < -0.39 is 6.10 Å². The van der Waals surface area contributed by atoms with Gasteiger partial charge in [0.25, 0.3) is 0 Å². The molecule has 1 aromatic heterocycles. The Morgan fingerprint density at radius 2 is 1.95 bits per heavy atom. The molecule has 2 atom stereocenters. The zero-order valence-electron chi connectivity index (χ0n) is 10.7. The molecule has 1 aromatic carbocycles. The Hall–Kier alpha value is -1.92. The van der Waals surface area contributed by atoms with Gasteiger partial charge in [-0.25, -0.2) is 9.37 Å². The number of hydrogen-bond donors (Lipinski definition) is 3. The molecule has 2 rings (SSSR count). The summed E-state index contributed by atoms with van der Waals surface area (Å²) < 4.78 is 12.8. The summed E-state index contributed by atoms with van der Waals surface area (Å²) in [6.45, 7) is 1.76. The van der Waals surface area contributed by atoms with Gasteiger partial charge in [-0.3, -0.25) is 0 Å². The summed E-state index contributed by atoms with van der Waals surface area (Å²) in [6, 6.07) is 6.78. The molecule has 0 radical (unpaired) electrons. The quantitative estimate of drug-likeness (QED) is 0.755. The van der Waals surface area contributed by atoms with E-state index in [1.54, 1.807) is 6.92 Å². The summed E-state index contributed by atoms with van der Waals surface area (Å²) in [5.74, 6) is 0.108. The van der Waals surface area contributed by atoms with E-state index in [2.05, 4.69) is 15.3 Å². The Labute approximate surface area is 120 Å². The number of aliphatic hydroxyl groups is 1. The molecular formula is C13H14ClFN4O. The van der Waals surface area contributed by atoms with Crippen molar-refractivity contribution in [3.63, 3.8) is 0 Å². The van der Waals surface area contributed by atoms with Crippen LogP contribution in [0.5, 0.6) is 0 Å². The Kier molecular flexibility index (Phi) is 4.36. The molecule has 2 aromatic rings. The second kappa shape index (κ2) is 6.02. The third kappa shape index (κ3) is 3.55. The topological polar surface area (TPSA) is 84.1 Å². The van der Waals surface area contributed by atoms with Gasteiger partial charge in [-0.2, -0.15) is 4.98 Å². The van der Waals surface area contributed by atoms with Crippen molar-refractivity contribution in [3.8, 4) is 0 Å². The predicted octanol–water partition coefficient (Wildman–Crippen LogP) is 2.39. The molecule has 7 heteroatoms. The standard InChI is InChI=1S/C13H14ClFN4O/c1-7(12(20)8-2-4-9(15)5-3-8)17-11-6-10(14)18-13(16)19-11/h2-7,12,20H,1H3,(H3,16,17,18,19). The lowest BCUT2D eigenvalue weighted by Crippen LogP contribution is -2.24. The van der Waals surface area contributed by atoms with Crippen molar-refractivity contribution in [1.29, 1.82) is 0 Å². The first-order valence-corrected chi connectivity index (χ1v) is 6.33. The molecule has 0 amide bonds. The molecule has 2 unspecified atom stereocenters. The largest absolute Gasteiger partial charge is 0.386 e. The van der Waals surface area contributed by atoms with Crippen molar-refractivity contribution in [3.05, 3.63) is 46.9 Å². The minimum absolute atomic E-state index is 0.0449. The third-order valence-electron chi connectivity index (χ3n) is 2.77. The van der Waals surface area contributed by atoms with Crippen LogP contribution >= 0.6 is 11.6 Å². The van der Waals surface area contributed by atoms with Crippen molar-refractivity contribution >= 4 is 23.4 Å². The molecule has 0 fully saturated rings. The molecule has 0 aliphatic carbocycles. The van der Waals surface area contributed by atoms with Crippen LogP contribution < -0.4 is 11.1 Å². The van der Waals surface area contributed by atoms with Gasteiger partial charge in [-0.05, 0) is 24.6 Å². The Morgan fingerprint density at radius 1 is 1.30 bits per heavy atom. The van der Waals surface area contributed by atoms with Gasteiger partial charge in [-0.15, -0.1) is 0 Å². The van der Waals surface area contributed by atoms with Gasteiger partial charge in [-0.1, -0.05) is 23.7 Å². The smallest absolute Gasteiger partial charge is 0.223 e. The van der Waals surface area contributed by atoms with E-state index in [0.29, 0.717) is 11.4 Å². The zero-order chi connectivity index (χ0) is 14.7. The summed E-state index contributed by atoms with van der Waals surface area (Å²) in [5.41, 5.74) is 6.08. The lowest BCUT2D eigenvalue weighted by molar-refractivity contribution is 0.160.